The smallest absolute Gasteiger partial charge is 0.0755 e. The van der Waals surface area contributed by atoms with E-state index in [0.717, 1.165) is 23.4 Å². The molecule has 0 radical (unpaired) electrons. The fraction of sp³-hybridized carbons (Fsp3) is 0.211. The Morgan fingerprint density at radius 3 is 2.48 bits per heavy atom. The van der Waals surface area contributed by atoms with Gasteiger partial charge < -0.3 is 5.32 Å². The van der Waals surface area contributed by atoms with Gasteiger partial charge in [-0.15, -0.1) is 0 Å². The zero-order valence-corrected chi connectivity index (χ0v) is 12.8. The highest BCUT2D eigenvalue weighted by Gasteiger charge is 2.07. The lowest BCUT2D eigenvalue weighted by molar-refractivity contribution is 1.14. The molecule has 0 aliphatic rings. The number of pyridine rings is 1. The third kappa shape index (κ3) is 2.89. The number of nitrogens with one attached hydrogen (secondary N) is 1. The third-order valence-electron chi connectivity index (χ3n) is 3.70. The molecule has 0 bridgehead atoms. The van der Waals surface area contributed by atoms with Gasteiger partial charge in [-0.3, -0.25) is 4.98 Å². The summed E-state index contributed by atoms with van der Waals surface area (Å²) in [6.45, 7) is 7.13. The summed E-state index contributed by atoms with van der Waals surface area (Å²) in [5.74, 6) is 0. The van der Waals surface area contributed by atoms with Crippen molar-refractivity contribution in [3.63, 3.8) is 0 Å². The van der Waals surface area contributed by atoms with Crippen LogP contribution < -0.4 is 5.32 Å². The molecular weight excluding hydrogens is 256 g/mol. The average molecular weight is 276 g/mol. The molecule has 3 aromatic rings. The van der Waals surface area contributed by atoms with E-state index in [-0.39, 0.29) is 0 Å². The van der Waals surface area contributed by atoms with Crippen molar-refractivity contribution in [2.45, 2.75) is 27.3 Å². The first-order valence-corrected chi connectivity index (χ1v) is 7.30. The highest BCUT2D eigenvalue weighted by atomic mass is 14.9. The van der Waals surface area contributed by atoms with E-state index in [2.05, 4.69) is 61.6 Å². The summed E-state index contributed by atoms with van der Waals surface area (Å²) < 4.78 is 0. The van der Waals surface area contributed by atoms with Crippen LogP contribution in [0.4, 0.5) is 5.69 Å². The van der Waals surface area contributed by atoms with Gasteiger partial charge >= 0.3 is 0 Å². The zero-order valence-electron chi connectivity index (χ0n) is 12.8. The lowest BCUT2D eigenvalue weighted by Crippen LogP contribution is -2.02. The summed E-state index contributed by atoms with van der Waals surface area (Å²) in [7, 11) is 0. The maximum Gasteiger partial charge on any atom is 0.0755 e. The Morgan fingerprint density at radius 2 is 1.71 bits per heavy atom. The van der Waals surface area contributed by atoms with Crippen LogP contribution in [0.3, 0.4) is 0 Å². The zero-order chi connectivity index (χ0) is 14.8. The van der Waals surface area contributed by atoms with E-state index in [0.29, 0.717) is 0 Å². The number of aromatic nitrogens is 1. The standard InChI is InChI=1S/C19H20N2/c1-13-9-14(2)19-17(10-13)18(11-15(3)21-19)20-12-16-7-5-4-6-8-16/h4-11H,12H2,1-3H3,(H,20,21). The molecule has 0 aliphatic carbocycles. The van der Waals surface area contributed by atoms with Crippen LogP contribution in [-0.2, 0) is 6.54 Å². The second-order valence-electron chi connectivity index (χ2n) is 5.63. The monoisotopic (exact) mass is 276 g/mol. The molecule has 3 rings (SSSR count). The first-order valence-electron chi connectivity index (χ1n) is 7.30. The van der Waals surface area contributed by atoms with Gasteiger partial charge in [0, 0.05) is 23.3 Å². The summed E-state index contributed by atoms with van der Waals surface area (Å²) in [6, 6.07) is 17.0. The van der Waals surface area contributed by atoms with Gasteiger partial charge in [0.2, 0.25) is 0 Å². The van der Waals surface area contributed by atoms with Gasteiger partial charge in [-0.05, 0) is 44.0 Å². The highest BCUT2D eigenvalue weighted by Crippen LogP contribution is 2.27. The normalized spacial score (nSPS) is 10.8. The van der Waals surface area contributed by atoms with Crippen LogP contribution in [0.15, 0.2) is 48.5 Å². The molecule has 1 aromatic heterocycles. The van der Waals surface area contributed by atoms with Crippen LogP contribution in [0.1, 0.15) is 22.4 Å². The number of aryl methyl sites for hydroxylation is 3. The number of hydrogen-bond acceptors (Lipinski definition) is 2. The van der Waals surface area contributed by atoms with E-state index >= 15 is 0 Å². The lowest BCUT2D eigenvalue weighted by atomic mass is 10.0. The molecule has 0 aliphatic heterocycles. The molecule has 0 amide bonds. The van der Waals surface area contributed by atoms with Crippen LogP contribution in [0.2, 0.25) is 0 Å². The Balaban J connectivity index is 2.01. The summed E-state index contributed by atoms with van der Waals surface area (Å²) in [5, 5.41) is 4.76. The maximum atomic E-state index is 4.69. The van der Waals surface area contributed by atoms with E-state index in [4.69, 9.17) is 4.98 Å². The second-order valence-corrected chi connectivity index (χ2v) is 5.63. The van der Waals surface area contributed by atoms with Crippen LogP contribution in [0, 0.1) is 20.8 Å². The van der Waals surface area contributed by atoms with E-state index in [1.165, 1.54) is 22.1 Å². The summed E-state index contributed by atoms with van der Waals surface area (Å²) in [4.78, 5) is 4.69. The molecule has 0 saturated carbocycles. The minimum Gasteiger partial charge on any atom is -0.380 e. The molecule has 0 spiro atoms. The molecule has 0 unspecified atom stereocenters. The number of hydrogen-bond donors (Lipinski definition) is 1. The topological polar surface area (TPSA) is 24.9 Å². The van der Waals surface area contributed by atoms with Crippen molar-refractivity contribution in [1.82, 2.24) is 4.98 Å². The van der Waals surface area contributed by atoms with E-state index in [9.17, 15) is 0 Å². The van der Waals surface area contributed by atoms with Gasteiger partial charge in [-0.25, -0.2) is 0 Å². The Kier molecular flexibility index (Phi) is 3.61. The summed E-state index contributed by atoms with van der Waals surface area (Å²) >= 11 is 0. The maximum absolute atomic E-state index is 4.69. The van der Waals surface area contributed by atoms with Gasteiger partial charge in [-0.1, -0.05) is 42.0 Å². The molecule has 2 aromatic carbocycles. The van der Waals surface area contributed by atoms with Crippen LogP contribution in [0.5, 0.6) is 0 Å². The molecule has 1 N–H and O–H groups in total. The number of benzene rings is 2. The van der Waals surface area contributed by atoms with E-state index < -0.39 is 0 Å². The van der Waals surface area contributed by atoms with E-state index in [1.807, 2.05) is 13.0 Å². The largest absolute Gasteiger partial charge is 0.380 e. The Hall–Kier alpha value is -2.35. The molecule has 21 heavy (non-hydrogen) atoms. The molecule has 2 heteroatoms. The summed E-state index contributed by atoms with van der Waals surface area (Å²) in [6.07, 6.45) is 0. The van der Waals surface area contributed by atoms with Gasteiger partial charge in [0.15, 0.2) is 0 Å². The lowest BCUT2D eigenvalue weighted by Gasteiger charge is -2.13. The molecule has 0 fully saturated rings. The van der Waals surface area contributed by atoms with Gasteiger partial charge in [0.05, 0.1) is 5.52 Å². The summed E-state index contributed by atoms with van der Waals surface area (Å²) in [5.41, 5.74) is 7.09. The first kappa shape index (κ1) is 13.6. The number of anilines is 1. The van der Waals surface area contributed by atoms with Crippen LogP contribution in [0.25, 0.3) is 10.9 Å². The Bertz CT molecular complexity index is 776. The number of rotatable bonds is 3. The van der Waals surface area contributed by atoms with Crippen molar-refractivity contribution in [1.29, 1.82) is 0 Å². The average Bonchev–Trinajstić information content (AvgIpc) is 2.47. The number of nitrogens with zero attached hydrogens (tertiary/aromatic N) is 1. The molecule has 0 atom stereocenters. The number of fused-ring (bicyclic) bond motifs is 1. The molecule has 0 saturated heterocycles. The Morgan fingerprint density at radius 1 is 0.952 bits per heavy atom. The first-order chi connectivity index (χ1) is 10.1. The SMILES string of the molecule is Cc1cc(C)c2nc(C)cc(NCc3ccccc3)c2c1. The molecule has 2 nitrogen and oxygen atoms in total. The van der Waals surface area contributed by atoms with E-state index in [1.54, 1.807) is 0 Å². The molecule has 106 valence electrons. The highest BCUT2D eigenvalue weighted by molar-refractivity contribution is 5.93. The van der Waals surface area contributed by atoms with Crippen LogP contribution >= 0.6 is 0 Å². The van der Waals surface area contributed by atoms with Crippen LogP contribution in [-0.4, -0.2) is 4.98 Å². The van der Waals surface area contributed by atoms with Crippen molar-refractivity contribution >= 4 is 16.6 Å². The van der Waals surface area contributed by atoms with Crippen molar-refractivity contribution in [2.75, 3.05) is 5.32 Å². The van der Waals surface area contributed by atoms with Gasteiger partial charge in [-0.2, -0.15) is 0 Å². The molecule has 1 heterocycles. The third-order valence-corrected chi connectivity index (χ3v) is 3.70. The quantitative estimate of drug-likeness (QED) is 0.745. The van der Waals surface area contributed by atoms with Gasteiger partial charge in [0.1, 0.15) is 0 Å². The molecular formula is C19H20N2. The fourth-order valence-electron chi connectivity index (χ4n) is 2.75. The fourth-order valence-corrected chi connectivity index (χ4v) is 2.75. The second kappa shape index (κ2) is 5.57. The minimum atomic E-state index is 0.826. The van der Waals surface area contributed by atoms with Crippen molar-refractivity contribution in [3.05, 3.63) is 70.9 Å². The predicted molar refractivity (Wildman–Crippen MR) is 89.7 cm³/mol. The van der Waals surface area contributed by atoms with Crippen molar-refractivity contribution in [3.8, 4) is 0 Å². The van der Waals surface area contributed by atoms with Crippen molar-refractivity contribution in [2.24, 2.45) is 0 Å². The van der Waals surface area contributed by atoms with Crippen molar-refractivity contribution < 1.29 is 0 Å². The minimum absolute atomic E-state index is 0.826. The Labute approximate surface area is 125 Å². The van der Waals surface area contributed by atoms with Gasteiger partial charge in [0.25, 0.3) is 0 Å². The predicted octanol–water partition coefficient (Wildman–Crippen LogP) is 4.77.